The molecule has 1 heterocycles. The summed E-state index contributed by atoms with van der Waals surface area (Å²) in [6.07, 6.45) is 2.22. The van der Waals surface area contributed by atoms with E-state index in [1.165, 1.54) is 0 Å². The number of amides is 3. The van der Waals surface area contributed by atoms with Gasteiger partial charge in [0.25, 0.3) is 11.8 Å². The summed E-state index contributed by atoms with van der Waals surface area (Å²) in [5.74, 6) is -0.610. The van der Waals surface area contributed by atoms with Gasteiger partial charge in [0, 0.05) is 16.4 Å². The third kappa shape index (κ3) is 6.36. The number of hydrogen-bond donors (Lipinski definition) is 2. The molecule has 0 bridgehead atoms. The van der Waals surface area contributed by atoms with Crippen molar-refractivity contribution in [1.82, 2.24) is 0 Å². The van der Waals surface area contributed by atoms with Crippen LogP contribution in [0.2, 0.25) is 5.02 Å². The monoisotopic (exact) mass is 551 g/mol. The number of aryl methyl sites for hydroxylation is 1. The molecule has 0 atom stereocenters. The Morgan fingerprint density at radius 2 is 1.61 bits per heavy atom. The van der Waals surface area contributed by atoms with E-state index in [1.54, 1.807) is 54.6 Å². The van der Waals surface area contributed by atoms with Gasteiger partial charge in [-0.2, -0.15) is 0 Å². The molecular weight excluding hydrogens is 525 g/mol. The van der Waals surface area contributed by atoms with Gasteiger partial charge in [-0.15, -0.1) is 0 Å². The van der Waals surface area contributed by atoms with Gasteiger partial charge in [0.2, 0.25) is 5.91 Å². The predicted octanol–water partition coefficient (Wildman–Crippen LogP) is 6.44. The summed E-state index contributed by atoms with van der Waals surface area (Å²) in [7, 11) is 0. The molecule has 7 nitrogen and oxygen atoms in total. The molecule has 0 aliphatic carbocycles. The second-order valence-electron chi connectivity index (χ2n) is 8.84. The minimum atomic E-state index is -0.632. The maximum atomic E-state index is 13.0. The van der Waals surface area contributed by atoms with Gasteiger partial charge in [-0.05, 0) is 73.0 Å². The molecule has 0 radical (unpaired) electrons. The van der Waals surface area contributed by atoms with E-state index in [1.807, 2.05) is 19.1 Å². The molecule has 196 valence electrons. The number of anilines is 3. The third-order valence-electron chi connectivity index (χ3n) is 5.93. The van der Waals surface area contributed by atoms with Crippen molar-refractivity contribution in [2.45, 2.75) is 33.1 Å². The first-order valence-corrected chi connectivity index (χ1v) is 13.0. The fraction of sp³-hybridized carbons (Fsp3) is 0.207. The molecule has 0 fully saturated rings. The standard InChI is InChI=1S/C29H27Cl2N3O4/c1-3-4-15-38-23-13-10-20(11-14-23)32-25(35)16-19-6-8-21(9-7-19)33-27-26(31)28(36)34(29(27)37)22-12-5-18(2)24(30)17-22/h5-14,17,33H,3-4,15-16H2,1-2H3,(H,32,35). The van der Waals surface area contributed by atoms with Crippen LogP contribution in [-0.4, -0.2) is 24.3 Å². The van der Waals surface area contributed by atoms with Crippen molar-refractivity contribution in [3.63, 3.8) is 0 Å². The molecule has 0 saturated heterocycles. The van der Waals surface area contributed by atoms with Crippen LogP contribution in [0.15, 0.2) is 77.5 Å². The molecule has 0 saturated carbocycles. The number of rotatable bonds is 10. The van der Waals surface area contributed by atoms with Crippen molar-refractivity contribution >= 4 is 58.0 Å². The van der Waals surface area contributed by atoms with Crippen molar-refractivity contribution in [3.8, 4) is 5.75 Å². The van der Waals surface area contributed by atoms with Crippen LogP contribution in [0.4, 0.5) is 17.1 Å². The lowest BCUT2D eigenvalue weighted by atomic mass is 10.1. The molecule has 3 aromatic rings. The third-order valence-corrected chi connectivity index (χ3v) is 6.69. The Labute approximate surface area is 231 Å². The highest BCUT2D eigenvalue weighted by Gasteiger charge is 2.39. The molecule has 1 aliphatic heterocycles. The molecule has 0 unspecified atom stereocenters. The summed E-state index contributed by atoms with van der Waals surface area (Å²) < 4.78 is 5.64. The van der Waals surface area contributed by atoms with Gasteiger partial charge >= 0.3 is 0 Å². The Kier molecular flexibility index (Phi) is 8.71. The van der Waals surface area contributed by atoms with E-state index in [-0.39, 0.29) is 23.1 Å². The van der Waals surface area contributed by atoms with Crippen molar-refractivity contribution in [2.24, 2.45) is 0 Å². The Bertz CT molecular complexity index is 1390. The van der Waals surface area contributed by atoms with Gasteiger partial charge < -0.3 is 15.4 Å². The molecule has 9 heteroatoms. The van der Waals surface area contributed by atoms with Crippen LogP contribution in [0, 0.1) is 6.92 Å². The van der Waals surface area contributed by atoms with Gasteiger partial charge in [-0.3, -0.25) is 14.4 Å². The lowest BCUT2D eigenvalue weighted by Gasteiger charge is -2.16. The molecular formula is C29H27Cl2N3O4. The first-order valence-electron chi connectivity index (χ1n) is 12.2. The number of carbonyl (C=O) groups is 3. The quantitative estimate of drug-likeness (QED) is 0.223. The SMILES string of the molecule is CCCCOc1ccc(NC(=O)Cc2ccc(NC3=C(Cl)C(=O)N(c4ccc(C)c(Cl)c4)C3=O)cc2)cc1. The number of nitrogens with zero attached hydrogens (tertiary/aromatic N) is 1. The molecule has 4 rings (SSSR count). The number of nitrogens with one attached hydrogen (secondary N) is 2. The van der Waals surface area contributed by atoms with E-state index >= 15 is 0 Å². The lowest BCUT2D eigenvalue weighted by molar-refractivity contribution is -0.120. The Morgan fingerprint density at radius 1 is 0.921 bits per heavy atom. The number of carbonyl (C=O) groups excluding carboxylic acids is 3. The summed E-state index contributed by atoms with van der Waals surface area (Å²) in [5.41, 5.74) is 3.14. The summed E-state index contributed by atoms with van der Waals surface area (Å²) in [5, 5.41) is 6.03. The fourth-order valence-electron chi connectivity index (χ4n) is 3.78. The number of ether oxygens (including phenoxy) is 1. The number of unbranched alkanes of at least 4 members (excludes halogenated alkanes) is 1. The normalized spacial score (nSPS) is 13.2. The summed E-state index contributed by atoms with van der Waals surface area (Å²) in [6, 6.07) is 19.1. The maximum Gasteiger partial charge on any atom is 0.283 e. The second kappa shape index (κ2) is 12.2. The van der Waals surface area contributed by atoms with E-state index < -0.39 is 11.8 Å². The van der Waals surface area contributed by atoms with Crippen LogP contribution in [0.1, 0.15) is 30.9 Å². The molecule has 3 amide bonds. The predicted molar refractivity (Wildman–Crippen MR) is 151 cm³/mol. The molecule has 2 N–H and O–H groups in total. The smallest absolute Gasteiger partial charge is 0.283 e. The summed E-state index contributed by atoms with van der Waals surface area (Å²) >= 11 is 12.4. The zero-order chi connectivity index (χ0) is 27.2. The van der Waals surface area contributed by atoms with Crippen LogP contribution in [0.25, 0.3) is 0 Å². The number of halogens is 2. The first-order chi connectivity index (χ1) is 18.3. The molecule has 3 aromatic carbocycles. The van der Waals surface area contributed by atoms with E-state index in [0.717, 1.165) is 34.6 Å². The topological polar surface area (TPSA) is 87.7 Å². The summed E-state index contributed by atoms with van der Waals surface area (Å²) in [4.78, 5) is 39.2. The molecule has 0 aromatic heterocycles. The number of imide groups is 1. The number of benzene rings is 3. The van der Waals surface area contributed by atoms with Crippen LogP contribution < -0.4 is 20.3 Å². The van der Waals surface area contributed by atoms with Gasteiger partial charge in [-0.1, -0.05) is 54.7 Å². The number of hydrogen-bond acceptors (Lipinski definition) is 5. The van der Waals surface area contributed by atoms with E-state index in [9.17, 15) is 14.4 Å². The largest absolute Gasteiger partial charge is 0.494 e. The highest BCUT2D eigenvalue weighted by atomic mass is 35.5. The molecule has 1 aliphatic rings. The Balaban J connectivity index is 1.35. The first kappa shape index (κ1) is 27.2. The lowest BCUT2D eigenvalue weighted by Crippen LogP contribution is -2.32. The van der Waals surface area contributed by atoms with Crippen LogP contribution in [-0.2, 0) is 20.8 Å². The highest BCUT2D eigenvalue weighted by molar-refractivity contribution is 6.53. The minimum Gasteiger partial charge on any atom is -0.494 e. The second-order valence-corrected chi connectivity index (χ2v) is 9.63. The zero-order valence-corrected chi connectivity index (χ0v) is 22.5. The Hall–Kier alpha value is -3.81. The average molecular weight is 552 g/mol. The molecule has 38 heavy (non-hydrogen) atoms. The Morgan fingerprint density at radius 3 is 2.26 bits per heavy atom. The van der Waals surface area contributed by atoms with Crippen molar-refractivity contribution in [1.29, 1.82) is 0 Å². The van der Waals surface area contributed by atoms with Gasteiger partial charge in [0.15, 0.2) is 0 Å². The average Bonchev–Trinajstić information content (AvgIpc) is 3.11. The van der Waals surface area contributed by atoms with Crippen molar-refractivity contribution in [2.75, 3.05) is 22.1 Å². The van der Waals surface area contributed by atoms with Crippen LogP contribution in [0.3, 0.4) is 0 Å². The zero-order valence-electron chi connectivity index (χ0n) is 21.0. The van der Waals surface area contributed by atoms with Crippen molar-refractivity contribution < 1.29 is 19.1 Å². The van der Waals surface area contributed by atoms with Crippen molar-refractivity contribution in [3.05, 3.63) is 93.6 Å². The van der Waals surface area contributed by atoms with Gasteiger partial charge in [0.05, 0.1) is 18.7 Å². The highest BCUT2D eigenvalue weighted by Crippen LogP contribution is 2.32. The summed E-state index contributed by atoms with van der Waals surface area (Å²) in [6.45, 7) is 4.60. The van der Waals surface area contributed by atoms with E-state index in [0.29, 0.717) is 28.7 Å². The maximum absolute atomic E-state index is 13.0. The van der Waals surface area contributed by atoms with Crippen LogP contribution in [0.5, 0.6) is 5.75 Å². The molecule has 0 spiro atoms. The van der Waals surface area contributed by atoms with Gasteiger partial charge in [0.1, 0.15) is 16.5 Å². The fourth-order valence-corrected chi connectivity index (χ4v) is 4.16. The van der Waals surface area contributed by atoms with Crippen LogP contribution >= 0.6 is 23.2 Å². The van der Waals surface area contributed by atoms with E-state index in [4.69, 9.17) is 27.9 Å². The van der Waals surface area contributed by atoms with E-state index in [2.05, 4.69) is 17.6 Å². The van der Waals surface area contributed by atoms with Gasteiger partial charge in [-0.25, -0.2) is 4.90 Å². The minimum absolute atomic E-state index is 0.0269.